The summed E-state index contributed by atoms with van der Waals surface area (Å²) in [5.41, 5.74) is 1.01. The van der Waals surface area contributed by atoms with Crippen molar-refractivity contribution in [1.82, 2.24) is 4.90 Å². The Labute approximate surface area is 148 Å². The number of sulfonamides is 1. The highest BCUT2D eigenvalue weighted by atomic mass is 32.2. The fourth-order valence-corrected chi connectivity index (χ4v) is 3.85. The Morgan fingerprint density at radius 3 is 2.20 bits per heavy atom. The first-order chi connectivity index (χ1) is 12.0. The van der Waals surface area contributed by atoms with E-state index >= 15 is 0 Å². The molecule has 1 saturated heterocycles. The molecular weight excluding hydrogens is 338 g/mol. The number of quaternary nitrogens is 1. The standard InChI is InChI=1S/C18H21N3O3S/c1-20-11-13-21(14-12-20)18(22)15-7-9-16(10-8-15)19-25(23,24)17-5-3-2-4-6-17/h2-10,19H,11-14H2,1H3/p+1. The van der Waals surface area contributed by atoms with Crippen LogP contribution in [0.25, 0.3) is 0 Å². The molecule has 132 valence electrons. The molecule has 0 aliphatic carbocycles. The van der Waals surface area contributed by atoms with Gasteiger partial charge >= 0.3 is 0 Å². The maximum atomic E-state index is 12.5. The SMILES string of the molecule is C[NH+]1CCN(C(=O)c2ccc(NS(=O)(=O)c3ccccc3)cc2)CC1. The molecule has 0 bridgehead atoms. The average Bonchev–Trinajstić information content (AvgIpc) is 2.63. The normalized spacial score (nSPS) is 15.8. The molecule has 6 nitrogen and oxygen atoms in total. The topological polar surface area (TPSA) is 70.9 Å². The Hall–Kier alpha value is -2.38. The zero-order valence-electron chi connectivity index (χ0n) is 14.1. The summed E-state index contributed by atoms with van der Waals surface area (Å²) in [6.45, 7) is 3.38. The van der Waals surface area contributed by atoms with Crippen LogP contribution in [0, 0.1) is 0 Å². The minimum Gasteiger partial charge on any atom is -0.334 e. The van der Waals surface area contributed by atoms with Gasteiger partial charge in [-0.1, -0.05) is 18.2 Å². The number of carbonyl (C=O) groups excluding carboxylic acids is 1. The Bertz CT molecular complexity index is 828. The number of carbonyl (C=O) groups is 1. The van der Waals surface area contributed by atoms with Crippen LogP contribution in [0.5, 0.6) is 0 Å². The van der Waals surface area contributed by atoms with E-state index in [-0.39, 0.29) is 10.8 Å². The van der Waals surface area contributed by atoms with Gasteiger partial charge in [0.2, 0.25) is 0 Å². The molecule has 0 spiro atoms. The lowest BCUT2D eigenvalue weighted by Gasteiger charge is -2.30. The van der Waals surface area contributed by atoms with E-state index in [1.54, 1.807) is 42.5 Å². The van der Waals surface area contributed by atoms with E-state index < -0.39 is 10.0 Å². The molecule has 2 N–H and O–H groups in total. The summed E-state index contributed by atoms with van der Waals surface area (Å²) >= 11 is 0. The lowest BCUT2D eigenvalue weighted by atomic mass is 10.1. The lowest BCUT2D eigenvalue weighted by molar-refractivity contribution is -0.883. The number of anilines is 1. The van der Waals surface area contributed by atoms with E-state index in [4.69, 9.17) is 0 Å². The predicted octanol–water partition coefficient (Wildman–Crippen LogP) is 0.458. The molecule has 0 aromatic heterocycles. The first kappa shape index (κ1) is 17.4. The number of amides is 1. The molecule has 3 rings (SSSR count). The van der Waals surface area contributed by atoms with Gasteiger partial charge in [-0.15, -0.1) is 0 Å². The second kappa shape index (κ2) is 7.25. The fraction of sp³-hybridized carbons (Fsp3) is 0.278. The maximum absolute atomic E-state index is 12.5. The smallest absolute Gasteiger partial charge is 0.261 e. The summed E-state index contributed by atoms with van der Waals surface area (Å²) < 4.78 is 27.1. The lowest BCUT2D eigenvalue weighted by Crippen LogP contribution is -3.12. The highest BCUT2D eigenvalue weighted by Gasteiger charge is 2.22. The molecule has 2 aromatic carbocycles. The number of hydrogen-bond donors (Lipinski definition) is 2. The number of hydrogen-bond acceptors (Lipinski definition) is 3. The highest BCUT2D eigenvalue weighted by Crippen LogP contribution is 2.17. The third-order valence-corrected chi connectivity index (χ3v) is 5.74. The first-order valence-corrected chi connectivity index (χ1v) is 9.72. The van der Waals surface area contributed by atoms with Gasteiger partial charge in [-0.2, -0.15) is 0 Å². The Balaban J connectivity index is 1.69. The number of benzene rings is 2. The summed E-state index contributed by atoms with van der Waals surface area (Å²) in [5, 5.41) is 0. The van der Waals surface area contributed by atoms with Crippen molar-refractivity contribution in [2.24, 2.45) is 0 Å². The molecule has 0 saturated carbocycles. The summed E-state index contributed by atoms with van der Waals surface area (Å²) in [4.78, 5) is 16.0. The van der Waals surface area contributed by atoms with Crippen molar-refractivity contribution in [3.63, 3.8) is 0 Å². The monoisotopic (exact) mass is 360 g/mol. The van der Waals surface area contributed by atoms with E-state index in [1.165, 1.54) is 17.0 Å². The van der Waals surface area contributed by atoms with Gasteiger partial charge in [0.05, 0.1) is 38.1 Å². The predicted molar refractivity (Wildman–Crippen MR) is 96.2 cm³/mol. The Morgan fingerprint density at radius 1 is 1.00 bits per heavy atom. The minimum atomic E-state index is -3.62. The summed E-state index contributed by atoms with van der Waals surface area (Å²) in [5.74, 6) is -0.00929. The number of piperazine rings is 1. The molecule has 7 heteroatoms. The van der Waals surface area contributed by atoms with Crippen LogP contribution < -0.4 is 9.62 Å². The van der Waals surface area contributed by atoms with E-state index in [0.717, 1.165) is 26.2 Å². The number of rotatable bonds is 4. The van der Waals surface area contributed by atoms with Gasteiger partial charge in [-0.05, 0) is 36.4 Å². The third kappa shape index (κ3) is 4.18. The van der Waals surface area contributed by atoms with Crippen molar-refractivity contribution < 1.29 is 18.1 Å². The van der Waals surface area contributed by atoms with Gasteiger partial charge in [0.25, 0.3) is 15.9 Å². The molecule has 0 unspecified atom stereocenters. The molecule has 1 aliphatic heterocycles. The number of likely N-dealkylation sites (N-methyl/N-ethyl adjacent to an activating group) is 1. The van der Waals surface area contributed by atoms with Crippen molar-refractivity contribution in [2.45, 2.75) is 4.90 Å². The van der Waals surface area contributed by atoms with Gasteiger partial charge in [0.1, 0.15) is 0 Å². The quantitative estimate of drug-likeness (QED) is 0.832. The van der Waals surface area contributed by atoms with Gasteiger partial charge in [0, 0.05) is 11.3 Å². The van der Waals surface area contributed by atoms with Crippen LogP contribution in [0.1, 0.15) is 10.4 Å². The van der Waals surface area contributed by atoms with Gasteiger partial charge < -0.3 is 9.80 Å². The van der Waals surface area contributed by atoms with Crippen molar-refractivity contribution in [1.29, 1.82) is 0 Å². The number of nitrogens with zero attached hydrogens (tertiary/aromatic N) is 1. The van der Waals surface area contributed by atoms with E-state index in [2.05, 4.69) is 11.8 Å². The highest BCUT2D eigenvalue weighted by molar-refractivity contribution is 7.92. The van der Waals surface area contributed by atoms with Crippen molar-refractivity contribution in [3.05, 3.63) is 60.2 Å². The van der Waals surface area contributed by atoms with Gasteiger partial charge in [-0.25, -0.2) is 8.42 Å². The van der Waals surface area contributed by atoms with Crippen LogP contribution in [-0.4, -0.2) is 52.5 Å². The summed E-state index contributed by atoms with van der Waals surface area (Å²) in [7, 11) is -1.50. The molecular formula is C18H22N3O3S+. The molecule has 2 aromatic rings. The molecule has 1 aliphatic rings. The van der Waals surface area contributed by atoms with Crippen molar-refractivity contribution >= 4 is 21.6 Å². The average molecular weight is 360 g/mol. The van der Waals surface area contributed by atoms with E-state index in [1.807, 2.05) is 4.90 Å². The summed E-state index contributed by atoms with van der Waals surface area (Å²) in [6, 6.07) is 14.8. The molecule has 1 fully saturated rings. The molecule has 25 heavy (non-hydrogen) atoms. The first-order valence-electron chi connectivity index (χ1n) is 8.24. The van der Waals surface area contributed by atoms with Crippen molar-refractivity contribution in [2.75, 3.05) is 37.9 Å². The van der Waals surface area contributed by atoms with Gasteiger partial charge in [-0.3, -0.25) is 9.52 Å². The summed E-state index contributed by atoms with van der Waals surface area (Å²) in [6.07, 6.45) is 0. The van der Waals surface area contributed by atoms with Crippen LogP contribution in [-0.2, 0) is 10.0 Å². The second-order valence-corrected chi connectivity index (χ2v) is 7.93. The molecule has 0 atom stereocenters. The second-order valence-electron chi connectivity index (χ2n) is 6.25. The Kier molecular flexibility index (Phi) is 5.06. The fourth-order valence-electron chi connectivity index (χ4n) is 2.77. The third-order valence-electron chi connectivity index (χ3n) is 4.34. The molecule has 1 amide bonds. The van der Waals surface area contributed by atoms with Gasteiger partial charge in [0.15, 0.2) is 0 Å². The molecule has 0 radical (unpaired) electrons. The van der Waals surface area contributed by atoms with Crippen LogP contribution in [0.2, 0.25) is 0 Å². The number of nitrogens with one attached hydrogen (secondary N) is 2. The van der Waals surface area contributed by atoms with Crippen LogP contribution in [0.3, 0.4) is 0 Å². The maximum Gasteiger partial charge on any atom is 0.261 e. The molecule has 1 heterocycles. The van der Waals surface area contributed by atoms with E-state index in [9.17, 15) is 13.2 Å². The minimum absolute atomic E-state index is 0.00929. The largest absolute Gasteiger partial charge is 0.334 e. The van der Waals surface area contributed by atoms with E-state index in [0.29, 0.717) is 11.3 Å². The Morgan fingerprint density at radius 2 is 1.60 bits per heavy atom. The van der Waals surface area contributed by atoms with Crippen LogP contribution in [0.4, 0.5) is 5.69 Å². The van der Waals surface area contributed by atoms with Crippen LogP contribution >= 0.6 is 0 Å². The zero-order chi connectivity index (χ0) is 17.9. The zero-order valence-corrected chi connectivity index (χ0v) is 14.9. The van der Waals surface area contributed by atoms with Crippen molar-refractivity contribution in [3.8, 4) is 0 Å². The van der Waals surface area contributed by atoms with Crippen LogP contribution in [0.15, 0.2) is 59.5 Å².